The number of rotatable bonds is 3. The van der Waals surface area contributed by atoms with Gasteiger partial charge in [0.25, 0.3) is 0 Å². The van der Waals surface area contributed by atoms with E-state index in [1.165, 1.54) is 16.3 Å². The van der Waals surface area contributed by atoms with E-state index in [1.807, 2.05) is 31.3 Å². The first kappa shape index (κ1) is 17.3. The maximum absolute atomic E-state index is 11.2. The first-order valence-electron chi connectivity index (χ1n) is 9.27. The second-order valence-corrected chi connectivity index (χ2v) is 7.00. The predicted molar refractivity (Wildman–Crippen MR) is 107 cm³/mol. The molecule has 0 aliphatic carbocycles. The van der Waals surface area contributed by atoms with Gasteiger partial charge in [0.1, 0.15) is 11.9 Å². The molecule has 2 aromatic carbocycles. The van der Waals surface area contributed by atoms with Crippen LogP contribution in [-0.2, 0) is 0 Å². The first-order chi connectivity index (χ1) is 13.1. The van der Waals surface area contributed by atoms with Crippen LogP contribution in [0.5, 0.6) is 5.75 Å². The average molecular weight is 361 g/mol. The number of fused-ring (bicyclic) bond motifs is 1. The third-order valence-corrected chi connectivity index (χ3v) is 5.21. The molecule has 0 radical (unpaired) electrons. The molecule has 27 heavy (non-hydrogen) atoms. The zero-order valence-electron chi connectivity index (χ0n) is 15.4. The van der Waals surface area contributed by atoms with Gasteiger partial charge in [-0.15, -0.1) is 0 Å². The zero-order valence-corrected chi connectivity index (χ0v) is 15.4. The molecule has 2 amide bonds. The van der Waals surface area contributed by atoms with Crippen molar-refractivity contribution in [1.29, 1.82) is 0 Å². The molecule has 1 saturated heterocycles. The molecular formula is C22H23N3O2. The SMILES string of the molecule is Cc1nccc2cc(-c3ccc(OC4CCN(C(N)=O)CC4)cc3)ccc12. The molecular weight excluding hydrogens is 338 g/mol. The smallest absolute Gasteiger partial charge is 0.314 e. The van der Waals surface area contributed by atoms with E-state index in [4.69, 9.17) is 10.5 Å². The van der Waals surface area contributed by atoms with Gasteiger partial charge in [0.05, 0.1) is 0 Å². The van der Waals surface area contributed by atoms with Crippen molar-refractivity contribution in [1.82, 2.24) is 9.88 Å². The second kappa shape index (κ2) is 7.27. The van der Waals surface area contributed by atoms with Gasteiger partial charge in [-0.3, -0.25) is 4.98 Å². The molecule has 0 atom stereocenters. The van der Waals surface area contributed by atoms with Crippen LogP contribution in [0.15, 0.2) is 54.7 Å². The van der Waals surface area contributed by atoms with Crippen LogP contribution in [0.3, 0.4) is 0 Å². The summed E-state index contributed by atoms with van der Waals surface area (Å²) in [7, 11) is 0. The van der Waals surface area contributed by atoms with Crippen LogP contribution in [0.2, 0.25) is 0 Å². The monoisotopic (exact) mass is 361 g/mol. The number of ether oxygens (including phenoxy) is 1. The van der Waals surface area contributed by atoms with Crippen molar-refractivity contribution < 1.29 is 9.53 Å². The Morgan fingerprint density at radius 2 is 1.78 bits per heavy atom. The van der Waals surface area contributed by atoms with Crippen LogP contribution in [0, 0.1) is 6.92 Å². The largest absolute Gasteiger partial charge is 0.490 e. The quantitative estimate of drug-likeness (QED) is 0.762. The molecule has 1 aromatic heterocycles. The van der Waals surface area contributed by atoms with E-state index < -0.39 is 0 Å². The number of pyridine rings is 1. The molecule has 5 heteroatoms. The lowest BCUT2D eigenvalue weighted by molar-refractivity contribution is 0.114. The molecule has 1 fully saturated rings. The number of amides is 2. The number of hydrogen-bond acceptors (Lipinski definition) is 3. The van der Waals surface area contributed by atoms with Crippen molar-refractivity contribution in [2.75, 3.05) is 13.1 Å². The fourth-order valence-electron chi connectivity index (χ4n) is 3.62. The highest BCUT2D eigenvalue weighted by atomic mass is 16.5. The number of nitrogens with two attached hydrogens (primary N) is 1. The van der Waals surface area contributed by atoms with Gasteiger partial charge in [-0.05, 0) is 47.7 Å². The summed E-state index contributed by atoms with van der Waals surface area (Å²) in [5, 5.41) is 2.38. The third-order valence-electron chi connectivity index (χ3n) is 5.21. The lowest BCUT2D eigenvalue weighted by atomic mass is 10.0. The lowest BCUT2D eigenvalue weighted by Gasteiger charge is -2.31. The fourth-order valence-corrected chi connectivity index (χ4v) is 3.62. The van der Waals surface area contributed by atoms with E-state index in [9.17, 15) is 4.79 Å². The molecule has 1 aliphatic heterocycles. The Morgan fingerprint density at radius 3 is 2.48 bits per heavy atom. The summed E-state index contributed by atoms with van der Waals surface area (Å²) in [5.74, 6) is 0.858. The van der Waals surface area contributed by atoms with E-state index in [0.717, 1.165) is 29.8 Å². The molecule has 0 bridgehead atoms. The average Bonchev–Trinajstić information content (AvgIpc) is 2.69. The van der Waals surface area contributed by atoms with Gasteiger partial charge < -0.3 is 15.4 Å². The maximum atomic E-state index is 11.2. The number of nitrogens with zero attached hydrogens (tertiary/aromatic N) is 2. The number of benzene rings is 2. The number of piperidine rings is 1. The van der Waals surface area contributed by atoms with E-state index >= 15 is 0 Å². The molecule has 2 heterocycles. The highest BCUT2D eigenvalue weighted by molar-refractivity contribution is 5.88. The van der Waals surface area contributed by atoms with Crippen molar-refractivity contribution in [3.63, 3.8) is 0 Å². The van der Waals surface area contributed by atoms with Gasteiger partial charge >= 0.3 is 6.03 Å². The lowest BCUT2D eigenvalue weighted by Crippen LogP contribution is -2.44. The van der Waals surface area contributed by atoms with Crippen molar-refractivity contribution in [3.05, 3.63) is 60.4 Å². The number of hydrogen-bond donors (Lipinski definition) is 1. The number of aryl methyl sites for hydroxylation is 1. The summed E-state index contributed by atoms with van der Waals surface area (Å²) in [6.07, 6.45) is 3.59. The summed E-state index contributed by atoms with van der Waals surface area (Å²) in [4.78, 5) is 17.2. The van der Waals surface area contributed by atoms with Crippen LogP contribution in [0.25, 0.3) is 21.9 Å². The molecule has 0 saturated carbocycles. The number of primary amides is 1. The minimum Gasteiger partial charge on any atom is -0.490 e. The molecule has 0 unspecified atom stereocenters. The minimum atomic E-state index is -0.348. The Kier molecular flexibility index (Phi) is 4.67. The van der Waals surface area contributed by atoms with E-state index in [0.29, 0.717) is 13.1 Å². The summed E-state index contributed by atoms with van der Waals surface area (Å²) < 4.78 is 6.07. The van der Waals surface area contributed by atoms with Gasteiger partial charge in [-0.25, -0.2) is 4.79 Å². The third kappa shape index (κ3) is 3.72. The first-order valence-corrected chi connectivity index (χ1v) is 9.27. The van der Waals surface area contributed by atoms with Crippen LogP contribution in [-0.4, -0.2) is 35.1 Å². The minimum absolute atomic E-state index is 0.127. The van der Waals surface area contributed by atoms with Gasteiger partial charge in [-0.2, -0.15) is 0 Å². The molecule has 5 nitrogen and oxygen atoms in total. The van der Waals surface area contributed by atoms with Gasteiger partial charge in [0.2, 0.25) is 0 Å². The Hall–Kier alpha value is -3.08. The molecule has 0 spiro atoms. The van der Waals surface area contributed by atoms with Crippen LogP contribution < -0.4 is 10.5 Å². The van der Waals surface area contributed by atoms with Crippen molar-refractivity contribution >= 4 is 16.8 Å². The summed E-state index contributed by atoms with van der Waals surface area (Å²) in [5.41, 5.74) is 8.70. The van der Waals surface area contributed by atoms with Crippen LogP contribution >= 0.6 is 0 Å². The van der Waals surface area contributed by atoms with Crippen LogP contribution in [0.1, 0.15) is 18.5 Å². The molecule has 138 valence electrons. The number of aromatic nitrogens is 1. The van der Waals surface area contributed by atoms with Gasteiger partial charge in [0.15, 0.2) is 0 Å². The van der Waals surface area contributed by atoms with Crippen molar-refractivity contribution in [2.45, 2.75) is 25.9 Å². The number of likely N-dealkylation sites (tertiary alicyclic amines) is 1. The van der Waals surface area contributed by atoms with E-state index in [-0.39, 0.29) is 12.1 Å². The molecule has 4 rings (SSSR count). The number of urea groups is 1. The van der Waals surface area contributed by atoms with Crippen LogP contribution in [0.4, 0.5) is 4.79 Å². The second-order valence-electron chi connectivity index (χ2n) is 7.00. The topological polar surface area (TPSA) is 68.4 Å². The van der Waals surface area contributed by atoms with Gasteiger partial charge in [-0.1, -0.05) is 24.3 Å². The highest BCUT2D eigenvalue weighted by Crippen LogP contribution is 2.28. The molecule has 2 N–H and O–H groups in total. The molecule has 1 aliphatic rings. The Bertz CT molecular complexity index is 961. The maximum Gasteiger partial charge on any atom is 0.314 e. The number of carbonyl (C=O) groups excluding carboxylic acids is 1. The normalized spacial score (nSPS) is 15.1. The Labute approximate surface area is 158 Å². The zero-order chi connectivity index (χ0) is 18.8. The van der Waals surface area contributed by atoms with Gasteiger partial charge in [0, 0.05) is 43.2 Å². The Balaban J connectivity index is 1.46. The Morgan fingerprint density at radius 1 is 1.07 bits per heavy atom. The summed E-state index contributed by atoms with van der Waals surface area (Å²) >= 11 is 0. The summed E-state index contributed by atoms with van der Waals surface area (Å²) in [6, 6.07) is 16.3. The van der Waals surface area contributed by atoms with Crippen molar-refractivity contribution in [3.8, 4) is 16.9 Å². The standard InChI is InChI=1S/C22H23N3O2/c1-15-21-7-4-17(14-18(21)8-11-24-15)16-2-5-19(6-3-16)27-20-9-12-25(13-10-20)22(23)26/h2-8,11,14,20H,9-10,12-13H2,1H3,(H2,23,26). The van der Waals surface area contributed by atoms with E-state index in [2.05, 4.69) is 35.3 Å². The summed E-state index contributed by atoms with van der Waals surface area (Å²) in [6.45, 7) is 3.34. The number of carbonyl (C=O) groups is 1. The predicted octanol–water partition coefficient (Wildman–Crippen LogP) is 4.13. The fraction of sp³-hybridized carbons (Fsp3) is 0.273. The molecule has 3 aromatic rings. The highest BCUT2D eigenvalue weighted by Gasteiger charge is 2.22. The van der Waals surface area contributed by atoms with Crippen molar-refractivity contribution in [2.24, 2.45) is 5.73 Å². The van der Waals surface area contributed by atoms with E-state index in [1.54, 1.807) is 4.90 Å².